The fourth-order valence-corrected chi connectivity index (χ4v) is 2.35. The van der Waals surface area contributed by atoms with E-state index in [1.165, 1.54) is 12.3 Å². The van der Waals surface area contributed by atoms with Crippen molar-refractivity contribution >= 4 is 56.4 Å². The summed E-state index contributed by atoms with van der Waals surface area (Å²) in [5, 5.41) is 11.6. The normalized spacial score (nSPS) is 10.4. The topological polar surface area (TPSA) is 65.3 Å². The predicted octanol–water partition coefficient (Wildman–Crippen LogP) is 5.50. The van der Waals surface area contributed by atoms with Crippen LogP contribution in [0.15, 0.2) is 28.9 Å². The summed E-state index contributed by atoms with van der Waals surface area (Å²) in [6, 6.07) is 3.92. The van der Waals surface area contributed by atoms with Gasteiger partial charge in [-0.05, 0) is 22.0 Å². The number of halogens is 4. The van der Waals surface area contributed by atoms with E-state index in [0.29, 0.717) is 9.50 Å². The molecule has 0 N–H and O–H groups in total. The fraction of sp³-hybridized carbons (Fsp3) is 0. The molecule has 0 aliphatic rings. The van der Waals surface area contributed by atoms with Crippen LogP contribution in [0.5, 0.6) is 11.6 Å². The van der Waals surface area contributed by atoms with Gasteiger partial charge in [0, 0.05) is 18.3 Å². The Labute approximate surface area is 136 Å². The summed E-state index contributed by atoms with van der Waals surface area (Å²) in [5.74, 6) is 0.0517. The predicted molar refractivity (Wildman–Crippen MR) is 80.1 cm³/mol. The van der Waals surface area contributed by atoms with Gasteiger partial charge in [-0.3, -0.25) is 10.1 Å². The quantitative estimate of drug-likeness (QED) is 0.505. The van der Waals surface area contributed by atoms with E-state index in [9.17, 15) is 10.1 Å². The Morgan fingerprint density at radius 3 is 2.45 bits per heavy atom. The molecular weight excluding hydrogens is 394 g/mol. The second kappa shape index (κ2) is 6.13. The third-order valence-electron chi connectivity index (χ3n) is 2.18. The van der Waals surface area contributed by atoms with Crippen molar-refractivity contribution in [2.24, 2.45) is 0 Å². The first-order valence-electron chi connectivity index (χ1n) is 5.01. The van der Waals surface area contributed by atoms with Crippen LogP contribution in [-0.2, 0) is 0 Å². The second-order valence-corrected chi connectivity index (χ2v) is 5.64. The molecule has 1 aromatic carbocycles. The fourth-order valence-electron chi connectivity index (χ4n) is 1.32. The average Bonchev–Trinajstić information content (AvgIpc) is 2.36. The molecule has 20 heavy (non-hydrogen) atoms. The maximum Gasteiger partial charge on any atom is 0.313 e. The van der Waals surface area contributed by atoms with E-state index in [1.807, 2.05) is 0 Å². The van der Waals surface area contributed by atoms with Crippen LogP contribution in [0.2, 0.25) is 15.1 Å². The van der Waals surface area contributed by atoms with Crippen molar-refractivity contribution in [3.63, 3.8) is 0 Å². The summed E-state index contributed by atoms with van der Waals surface area (Å²) in [4.78, 5) is 14.3. The number of aromatic nitrogens is 1. The van der Waals surface area contributed by atoms with Crippen molar-refractivity contribution in [2.75, 3.05) is 0 Å². The molecule has 0 saturated carbocycles. The standard InChI is InChI=1S/C11H4BrCl3N2O3/c12-6-1-5(13)4-16-11(6)20-10-3-8(15)7(14)2-9(10)17(18)19/h1-4H. The van der Waals surface area contributed by atoms with Gasteiger partial charge >= 0.3 is 5.69 Å². The zero-order chi connectivity index (χ0) is 14.9. The largest absolute Gasteiger partial charge is 0.431 e. The number of rotatable bonds is 3. The molecule has 0 atom stereocenters. The van der Waals surface area contributed by atoms with Crippen molar-refractivity contribution in [1.82, 2.24) is 4.98 Å². The van der Waals surface area contributed by atoms with Gasteiger partial charge in [-0.2, -0.15) is 0 Å². The van der Waals surface area contributed by atoms with E-state index in [1.54, 1.807) is 6.07 Å². The molecule has 1 aromatic heterocycles. The molecule has 0 radical (unpaired) electrons. The van der Waals surface area contributed by atoms with Crippen molar-refractivity contribution < 1.29 is 9.66 Å². The summed E-state index contributed by atoms with van der Waals surface area (Å²) in [6.45, 7) is 0. The highest BCUT2D eigenvalue weighted by atomic mass is 79.9. The molecule has 5 nitrogen and oxygen atoms in total. The molecule has 9 heteroatoms. The number of nitrogens with zero attached hydrogens (tertiary/aromatic N) is 2. The lowest BCUT2D eigenvalue weighted by Gasteiger charge is -2.08. The Bertz CT molecular complexity index is 697. The molecular formula is C11H4BrCl3N2O3. The van der Waals surface area contributed by atoms with Crippen LogP contribution in [-0.4, -0.2) is 9.91 Å². The van der Waals surface area contributed by atoms with Gasteiger partial charge in [0.05, 0.1) is 24.5 Å². The van der Waals surface area contributed by atoms with E-state index in [0.717, 1.165) is 6.07 Å². The monoisotopic (exact) mass is 396 g/mol. The van der Waals surface area contributed by atoms with Gasteiger partial charge in [-0.25, -0.2) is 4.98 Å². The van der Waals surface area contributed by atoms with E-state index >= 15 is 0 Å². The van der Waals surface area contributed by atoms with Crippen LogP contribution in [0.3, 0.4) is 0 Å². The van der Waals surface area contributed by atoms with Crippen molar-refractivity contribution in [1.29, 1.82) is 0 Å². The average molecular weight is 398 g/mol. The van der Waals surface area contributed by atoms with Crippen LogP contribution in [0.25, 0.3) is 0 Å². The van der Waals surface area contributed by atoms with Crippen LogP contribution >= 0.6 is 50.7 Å². The van der Waals surface area contributed by atoms with E-state index < -0.39 is 4.92 Å². The third-order valence-corrected chi connectivity index (χ3v) is 3.68. The number of hydrogen-bond acceptors (Lipinski definition) is 4. The Hall–Kier alpha value is -1.08. The van der Waals surface area contributed by atoms with Gasteiger partial charge < -0.3 is 4.74 Å². The highest BCUT2D eigenvalue weighted by Crippen LogP contribution is 2.39. The van der Waals surface area contributed by atoms with Crippen molar-refractivity contribution in [3.8, 4) is 11.6 Å². The van der Waals surface area contributed by atoms with Gasteiger partial charge in [-0.15, -0.1) is 0 Å². The molecule has 0 fully saturated rings. The van der Waals surface area contributed by atoms with Crippen LogP contribution in [0, 0.1) is 10.1 Å². The third kappa shape index (κ3) is 3.32. The van der Waals surface area contributed by atoms with E-state index in [2.05, 4.69) is 20.9 Å². The number of nitro benzene ring substituents is 1. The molecule has 2 aromatic rings. The molecule has 0 aliphatic carbocycles. The summed E-state index contributed by atoms with van der Waals surface area (Å²) < 4.78 is 5.84. The Morgan fingerprint density at radius 1 is 1.20 bits per heavy atom. The van der Waals surface area contributed by atoms with Crippen molar-refractivity contribution in [3.05, 3.63) is 54.1 Å². The smallest absolute Gasteiger partial charge is 0.313 e. The minimum absolute atomic E-state index is 0.0637. The minimum Gasteiger partial charge on any atom is -0.431 e. The summed E-state index contributed by atoms with van der Waals surface area (Å²) in [7, 11) is 0. The lowest BCUT2D eigenvalue weighted by Crippen LogP contribution is -1.95. The zero-order valence-corrected chi connectivity index (χ0v) is 13.3. The number of benzene rings is 1. The molecule has 1 heterocycles. The maximum atomic E-state index is 11.0. The van der Waals surface area contributed by atoms with Gasteiger partial charge in [0.15, 0.2) is 0 Å². The van der Waals surface area contributed by atoms with Crippen LogP contribution in [0.4, 0.5) is 5.69 Å². The SMILES string of the molecule is O=[N+]([O-])c1cc(Cl)c(Cl)cc1Oc1ncc(Cl)cc1Br. The molecule has 104 valence electrons. The van der Waals surface area contributed by atoms with Gasteiger partial charge in [0.1, 0.15) is 0 Å². The molecule has 0 aliphatic heterocycles. The van der Waals surface area contributed by atoms with Crippen LogP contribution in [0.1, 0.15) is 0 Å². The Kier molecular flexibility index (Phi) is 4.70. The molecule has 0 saturated heterocycles. The number of pyridine rings is 1. The highest BCUT2D eigenvalue weighted by Gasteiger charge is 2.20. The number of ether oxygens (including phenoxy) is 1. The first-order chi connectivity index (χ1) is 9.38. The lowest BCUT2D eigenvalue weighted by molar-refractivity contribution is -0.385. The highest BCUT2D eigenvalue weighted by molar-refractivity contribution is 9.10. The van der Waals surface area contributed by atoms with Crippen LogP contribution < -0.4 is 4.74 Å². The maximum absolute atomic E-state index is 11.0. The van der Waals surface area contributed by atoms with Gasteiger partial charge in [0.2, 0.25) is 11.6 Å². The Morgan fingerprint density at radius 2 is 1.85 bits per heavy atom. The first-order valence-corrected chi connectivity index (χ1v) is 6.93. The lowest BCUT2D eigenvalue weighted by atomic mass is 10.3. The number of hydrogen-bond donors (Lipinski definition) is 0. The summed E-state index contributed by atoms with van der Waals surface area (Å²) in [6.07, 6.45) is 1.35. The summed E-state index contributed by atoms with van der Waals surface area (Å²) >= 11 is 20.5. The van der Waals surface area contributed by atoms with Gasteiger partial charge in [0.25, 0.3) is 0 Å². The van der Waals surface area contributed by atoms with Crippen molar-refractivity contribution in [2.45, 2.75) is 0 Å². The molecule has 0 unspecified atom stereocenters. The number of nitro groups is 1. The Balaban J connectivity index is 2.47. The molecule has 0 amide bonds. The van der Waals surface area contributed by atoms with E-state index in [-0.39, 0.29) is 27.4 Å². The molecule has 0 bridgehead atoms. The first kappa shape index (κ1) is 15.3. The molecule has 2 rings (SSSR count). The minimum atomic E-state index is -0.624. The van der Waals surface area contributed by atoms with Gasteiger partial charge in [-0.1, -0.05) is 34.8 Å². The van der Waals surface area contributed by atoms with E-state index in [4.69, 9.17) is 39.5 Å². The second-order valence-electron chi connectivity index (χ2n) is 3.53. The molecule has 0 spiro atoms. The zero-order valence-electron chi connectivity index (χ0n) is 9.44. The summed E-state index contributed by atoms with van der Waals surface area (Å²) in [5.41, 5.74) is -0.317.